The Morgan fingerprint density at radius 1 is 1.00 bits per heavy atom. The SMILES string of the molecule is CCS(=O)(=O)c1ccc(CC(=O)Nc2ccc(-c3cncnc3)c(Oc3cccc(Cl)c3)c2)cc1. The summed E-state index contributed by atoms with van der Waals surface area (Å²) in [5.74, 6) is 0.813. The van der Waals surface area contributed by atoms with E-state index >= 15 is 0 Å². The van der Waals surface area contributed by atoms with E-state index < -0.39 is 9.84 Å². The lowest BCUT2D eigenvalue weighted by Crippen LogP contribution is -2.14. The summed E-state index contributed by atoms with van der Waals surface area (Å²) < 4.78 is 30.1. The number of aromatic nitrogens is 2. The van der Waals surface area contributed by atoms with E-state index in [-0.39, 0.29) is 23.0 Å². The standard InChI is InChI=1S/C26H22ClN3O4S/c1-2-35(32,33)23-9-6-18(7-10-23)12-26(31)30-21-8-11-24(19-15-28-17-29-16-19)25(14-21)34-22-5-3-4-20(27)13-22/h3-11,13-17H,2,12H2,1H3,(H,30,31). The van der Waals surface area contributed by atoms with Gasteiger partial charge in [0.15, 0.2) is 9.84 Å². The number of carbonyl (C=O) groups excluding carboxylic acids is 1. The molecule has 0 aliphatic rings. The van der Waals surface area contributed by atoms with Gasteiger partial charge in [0.05, 0.1) is 17.1 Å². The van der Waals surface area contributed by atoms with Crippen LogP contribution in [0.5, 0.6) is 11.5 Å². The maximum Gasteiger partial charge on any atom is 0.228 e. The van der Waals surface area contributed by atoms with Gasteiger partial charge in [0.2, 0.25) is 5.91 Å². The van der Waals surface area contributed by atoms with Crippen LogP contribution in [-0.2, 0) is 21.1 Å². The highest BCUT2D eigenvalue weighted by Gasteiger charge is 2.14. The van der Waals surface area contributed by atoms with Gasteiger partial charge in [-0.05, 0) is 48.0 Å². The fourth-order valence-electron chi connectivity index (χ4n) is 3.39. The summed E-state index contributed by atoms with van der Waals surface area (Å²) >= 11 is 6.10. The van der Waals surface area contributed by atoms with Crippen LogP contribution in [0.1, 0.15) is 12.5 Å². The molecule has 0 saturated carbocycles. The first-order valence-corrected chi connectivity index (χ1v) is 12.8. The molecule has 4 rings (SSSR count). The van der Waals surface area contributed by atoms with Crippen LogP contribution in [-0.4, -0.2) is 30.0 Å². The third-order valence-corrected chi connectivity index (χ3v) is 7.17. The van der Waals surface area contributed by atoms with E-state index in [0.717, 1.165) is 11.1 Å². The third-order valence-electron chi connectivity index (χ3n) is 5.19. The Labute approximate surface area is 208 Å². The van der Waals surface area contributed by atoms with Crippen LogP contribution in [0.15, 0.2) is 90.3 Å². The molecule has 1 aromatic heterocycles. The molecule has 1 amide bonds. The topological polar surface area (TPSA) is 98.2 Å². The van der Waals surface area contributed by atoms with Crippen molar-refractivity contribution in [3.8, 4) is 22.6 Å². The Balaban J connectivity index is 1.55. The summed E-state index contributed by atoms with van der Waals surface area (Å²) in [5, 5.41) is 3.40. The second-order valence-electron chi connectivity index (χ2n) is 7.67. The highest BCUT2D eigenvalue weighted by molar-refractivity contribution is 7.91. The summed E-state index contributed by atoms with van der Waals surface area (Å²) in [6.45, 7) is 1.59. The number of anilines is 1. The Morgan fingerprint density at radius 2 is 1.74 bits per heavy atom. The van der Waals surface area contributed by atoms with Crippen molar-refractivity contribution in [2.75, 3.05) is 11.1 Å². The van der Waals surface area contributed by atoms with E-state index in [4.69, 9.17) is 16.3 Å². The van der Waals surface area contributed by atoms with Crippen molar-refractivity contribution < 1.29 is 17.9 Å². The Bertz CT molecular complexity index is 1440. The summed E-state index contributed by atoms with van der Waals surface area (Å²) in [6, 6.07) is 18.7. The van der Waals surface area contributed by atoms with Crippen LogP contribution in [0, 0.1) is 0 Å². The molecule has 3 aromatic carbocycles. The van der Waals surface area contributed by atoms with Crippen LogP contribution < -0.4 is 10.1 Å². The number of rotatable bonds is 8. The van der Waals surface area contributed by atoms with Gasteiger partial charge in [-0.2, -0.15) is 0 Å². The number of amides is 1. The van der Waals surface area contributed by atoms with Crippen molar-refractivity contribution in [1.82, 2.24) is 9.97 Å². The van der Waals surface area contributed by atoms with Gasteiger partial charge in [-0.3, -0.25) is 4.79 Å². The minimum Gasteiger partial charge on any atom is -0.457 e. The monoisotopic (exact) mass is 507 g/mol. The van der Waals surface area contributed by atoms with Gasteiger partial charge in [0.1, 0.15) is 17.8 Å². The number of ether oxygens (including phenoxy) is 1. The fourth-order valence-corrected chi connectivity index (χ4v) is 4.45. The van der Waals surface area contributed by atoms with Crippen LogP contribution >= 0.6 is 11.6 Å². The summed E-state index contributed by atoms with van der Waals surface area (Å²) in [6.07, 6.45) is 4.88. The molecule has 4 aromatic rings. The molecule has 0 radical (unpaired) electrons. The summed E-state index contributed by atoms with van der Waals surface area (Å²) in [7, 11) is -3.28. The molecule has 178 valence electrons. The fraction of sp³-hybridized carbons (Fsp3) is 0.115. The van der Waals surface area contributed by atoms with E-state index in [1.54, 1.807) is 67.8 Å². The molecule has 1 heterocycles. The van der Waals surface area contributed by atoms with Gasteiger partial charge in [-0.1, -0.05) is 36.7 Å². The molecule has 0 atom stereocenters. The number of hydrogen-bond donors (Lipinski definition) is 1. The molecule has 9 heteroatoms. The smallest absolute Gasteiger partial charge is 0.228 e. The Hall–Kier alpha value is -3.75. The van der Waals surface area contributed by atoms with Crippen molar-refractivity contribution in [2.24, 2.45) is 0 Å². The summed E-state index contributed by atoms with van der Waals surface area (Å²) in [4.78, 5) is 21.1. The zero-order valence-electron chi connectivity index (χ0n) is 18.8. The lowest BCUT2D eigenvalue weighted by atomic mass is 10.1. The average Bonchev–Trinajstić information content (AvgIpc) is 2.85. The van der Waals surface area contributed by atoms with Gasteiger partial charge < -0.3 is 10.1 Å². The molecule has 0 spiro atoms. The van der Waals surface area contributed by atoms with Gasteiger partial charge in [0.25, 0.3) is 0 Å². The van der Waals surface area contributed by atoms with E-state index in [1.165, 1.54) is 18.5 Å². The molecule has 0 aliphatic heterocycles. The van der Waals surface area contributed by atoms with Gasteiger partial charge in [-0.15, -0.1) is 0 Å². The van der Waals surface area contributed by atoms with Crippen LogP contribution in [0.25, 0.3) is 11.1 Å². The normalized spacial score (nSPS) is 11.1. The minimum absolute atomic E-state index is 0.0253. The predicted molar refractivity (Wildman–Crippen MR) is 135 cm³/mol. The van der Waals surface area contributed by atoms with Crippen LogP contribution in [0.3, 0.4) is 0 Å². The number of benzene rings is 3. The zero-order chi connectivity index (χ0) is 24.8. The average molecular weight is 508 g/mol. The van der Waals surface area contributed by atoms with Gasteiger partial charge in [0, 0.05) is 40.3 Å². The molecule has 1 N–H and O–H groups in total. The molecule has 0 fully saturated rings. The molecule has 0 bridgehead atoms. The largest absolute Gasteiger partial charge is 0.457 e. The molecular formula is C26H22ClN3O4S. The van der Waals surface area contributed by atoms with E-state index in [0.29, 0.717) is 27.8 Å². The maximum atomic E-state index is 12.7. The van der Waals surface area contributed by atoms with Crippen molar-refractivity contribution in [3.63, 3.8) is 0 Å². The number of nitrogens with zero attached hydrogens (tertiary/aromatic N) is 2. The quantitative estimate of drug-likeness (QED) is 0.335. The number of sulfone groups is 1. The number of nitrogens with one attached hydrogen (secondary N) is 1. The Morgan fingerprint density at radius 3 is 2.43 bits per heavy atom. The minimum atomic E-state index is -3.28. The zero-order valence-corrected chi connectivity index (χ0v) is 20.4. The van der Waals surface area contributed by atoms with E-state index in [9.17, 15) is 13.2 Å². The maximum absolute atomic E-state index is 12.7. The highest BCUT2D eigenvalue weighted by atomic mass is 35.5. The first-order valence-electron chi connectivity index (χ1n) is 10.8. The lowest BCUT2D eigenvalue weighted by Gasteiger charge is -2.14. The number of carbonyl (C=O) groups is 1. The predicted octanol–water partition coefficient (Wildman–Crippen LogP) is 5.56. The first kappa shape index (κ1) is 24.4. The first-order chi connectivity index (χ1) is 16.8. The second-order valence-corrected chi connectivity index (χ2v) is 10.4. The van der Waals surface area contributed by atoms with Crippen molar-refractivity contribution in [1.29, 1.82) is 0 Å². The van der Waals surface area contributed by atoms with Crippen molar-refractivity contribution in [3.05, 3.63) is 96.0 Å². The molecular weight excluding hydrogens is 486 g/mol. The number of halogens is 1. The van der Waals surface area contributed by atoms with Crippen molar-refractivity contribution >= 4 is 33.0 Å². The summed E-state index contributed by atoms with van der Waals surface area (Å²) in [5.41, 5.74) is 2.74. The van der Waals surface area contributed by atoms with Crippen LogP contribution in [0.2, 0.25) is 5.02 Å². The molecule has 0 saturated heterocycles. The Kier molecular flexibility index (Phi) is 7.43. The third kappa shape index (κ3) is 6.23. The highest BCUT2D eigenvalue weighted by Crippen LogP contribution is 2.35. The van der Waals surface area contributed by atoms with Gasteiger partial charge >= 0.3 is 0 Å². The van der Waals surface area contributed by atoms with E-state index in [2.05, 4.69) is 15.3 Å². The molecule has 7 nitrogen and oxygen atoms in total. The van der Waals surface area contributed by atoms with E-state index in [1.807, 2.05) is 6.07 Å². The second kappa shape index (κ2) is 10.7. The van der Waals surface area contributed by atoms with Gasteiger partial charge in [-0.25, -0.2) is 18.4 Å². The number of hydrogen-bond acceptors (Lipinski definition) is 6. The van der Waals surface area contributed by atoms with Crippen molar-refractivity contribution in [2.45, 2.75) is 18.2 Å². The molecule has 0 unspecified atom stereocenters. The van der Waals surface area contributed by atoms with Crippen LogP contribution in [0.4, 0.5) is 5.69 Å². The molecule has 0 aliphatic carbocycles. The molecule has 35 heavy (non-hydrogen) atoms. The lowest BCUT2D eigenvalue weighted by molar-refractivity contribution is -0.115.